The van der Waals surface area contributed by atoms with Gasteiger partial charge in [-0.25, -0.2) is 18.0 Å². The summed E-state index contributed by atoms with van der Waals surface area (Å²) in [4.78, 5) is 35.2. The van der Waals surface area contributed by atoms with Crippen molar-refractivity contribution in [3.8, 4) is 0 Å². The molecule has 0 aliphatic rings. The van der Waals surface area contributed by atoms with E-state index in [1.807, 2.05) is 0 Å². The average Bonchev–Trinajstić information content (AvgIpc) is 2.68. The van der Waals surface area contributed by atoms with Gasteiger partial charge in [0.25, 0.3) is 5.91 Å². The molecule has 0 aliphatic heterocycles. The molecule has 4 amide bonds. The summed E-state index contributed by atoms with van der Waals surface area (Å²) in [6.45, 7) is 1.33. The third-order valence-corrected chi connectivity index (χ3v) is 3.74. The molecule has 0 atom stereocenters. The van der Waals surface area contributed by atoms with Crippen LogP contribution in [0.3, 0.4) is 0 Å². The van der Waals surface area contributed by atoms with E-state index in [-0.39, 0.29) is 24.3 Å². The predicted molar refractivity (Wildman–Crippen MR) is 99.9 cm³/mol. The molecule has 0 spiro atoms. The summed E-state index contributed by atoms with van der Waals surface area (Å²) >= 11 is 0. The molecule has 0 aliphatic carbocycles. The van der Waals surface area contributed by atoms with E-state index >= 15 is 0 Å². The molecule has 0 saturated heterocycles. The van der Waals surface area contributed by atoms with E-state index in [0.29, 0.717) is 5.56 Å². The number of nitrogens with one attached hydrogen (secondary N) is 4. The number of hydrogen-bond acceptors (Lipinski definition) is 3. The lowest BCUT2D eigenvalue weighted by atomic mass is 10.1. The van der Waals surface area contributed by atoms with Crippen LogP contribution in [0.2, 0.25) is 0 Å². The number of hydrogen-bond donors (Lipinski definition) is 4. The van der Waals surface area contributed by atoms with Gasteiger partial charge in [-0.1, -0.05) is 6.07 Å². The maximum Gasteiger partial charge on any atom is 0.315 e. The van der Waals surface area contributed by atoms with Crippen molar-refractivity contribution >= 4 is 23.5 Å². The second-order valence-electron chi connectivity index (χ2n) is 6.01. The third kappa shape index (κ3) is 6.83. The zero-order valence-corrected chi connectivity index (χ0v) is 15.4. The fraction of sp³-hybridized carbons (Fsp3) is 0.211. The van der Waals surface area contributed by atoms with Gasteiger partial charge in [0.05, 0.1) is 6.54 Å². The molecule has 0 unspecified atom stereocenters. The molecule has 0 bridgehead atoms. The van der Waals surface area contributed by atoms with E-state index in [9.17, 15) is 27.6 Å². The first kappa shape index (κ1) is 21.7. The Bertz CT molecular complexity index is 922. The van der Waals surface area contributed by atoms with Crippen LogP contribution in [0.5, 0.6) is 0 Å². The Labute approximate surface area is 164 Å². The van der Waals surface area contributed by atoms with Gasteiger partial charge < -0.3 is 21.3 Å². The number of aryl methyl sites for hydroxylation is 1. The zero-order chi connectivity index (χ0) is 21.4. The smallest absolute Gasteiger partial charge is 0.315 e. The quantitative estimate of drug-likeness (QED) is 0.528. The molecule has 154 valence electrons. The third-order valence-electron chi connectivity index (χ3n) is 3.74. The number of carbonyl (C=O) groups is 3. The summed E-state index contributed by atoms with van der Waals surface area (Å²) in [7, 11) is 0. The molecule has 10 heteroatoms. The largest absolute Gasteiger partial charge is 0.350 e. The standard InChI is InChI=1S/C19H19F3N4O3/c1-11-2-3-12(8-15(11)21)18(28)23-6-7-24-19(29)25-10-17(27)26-13-4-5-14(20)16(22)9-13/h2-5,8-9H,6-7,10H2,1H3,(H,23,28)(H,26,27)(H2,24,25,29). The Kier molecular flexibility index (Phi) is 7.58. The molecule has 2 aromatic rings. The number of benzene rings is 2. The monoisotopic (exact) mass is 408 g/mol. The number of carbonyl (C=O) groups excluding carboxylic acids is 3. The molecule has 7 nitrogen and oxygen atoms in total. The first-order chi connectivity index (χ1) is 13.8. The molecule has 0 aromatic heterocycles. The van der Waals surface area contributed by atoms with E-state index in [0.717, 1.165) is 18.2 Å². The Balaban J connectivity index is 1.65. The second-order valence-corrected chi connectivity index (χ2v) is 6.01. The van der Waals surface area contributed by atoms with Gasteiger partial charge in [-0.3, -0.25) is 9.59 Å². The second kappa shape index (κ2) is 10.1. The summed E-state index contributed by atoms with van der Waals surface area (Å²) in [5.74, 6) is -3.77. The van der Waals surface area contributed by atoms with Gasteiger partial charge >= 0.3 is 6.03 Å². The van der Waals surface area contributed by atoms with Crippen LogP contribution in [0.15, 0.2) is 36.4 Å². The molecule has 0 radical (unpaired) electrons. The average molecular weight is 408 g/mol. The highest BCUT2D eigenvalue weighted by Crippen LogP contribution is 2.12. The molecule has 4 N–H and O–H groups in total. The van der Waals surface area contributed by atoms with E-state index in [2.05, 4.69) is 21.3 Å². The van der Waals surface area contributed by atoms with Crippen LogP contribution in [0, 0.1) is 24.4 Å². The normalized spacial score (nSPS) is 10.2. The Morgan fingerprint density at radius 1 is 0.828 bits per heavy atom. The predicted octanol–water partition coefficient (Wildman–Crippen LogP) is 2.08. The Hall–Kier alpha value is -3.56. The lowest BCUT2D eigenvalue weighted by Crippen LogP contribution is -2.43. The van der Waals surface area contributed by atoms with Crippen molar-refractivity contribution in [2.75, 3.05) is 25.0 Å². The van der Waals surface area contributed by atoms with Crippen molar-refractivity contribution in [1.29, 1.82) is 0 Å². The van der Waals surface area contributed by atoms with Gasteiger partial charge in [0.15, 0.2) is 11.6 Å². The molecular weight excluding hydrogens is 389 g/mol. The number of urea groups is 1. The van der Waals surface area contributed by atoms with Crippen LogP contribution >= 0.6 is 0 Å². The lowest BCUT2D eigenvalue weighted by Gasteiger charge is -2.10. The molecule has 29 heavy (non-hydrogen) atoms. The van der Waals surface area contributed by atoms with Gasteiger partial charge in [-0.15, -0.1) is 0 Å². The van der Waals surface area contributed by atoms with E-state index < -0.39 is 41.8 Å². The van der Waals surface area contributed by atoms with Crippen molar-refractivity contribution in [2.24, 2.45) is 0 Å². The van der Waals surface area contributed by atoms with Crippen molar-refractivity contribution < 1.29 is 27.6 Å². The maximum atomic E-state index is 13.4. The minimum atomic E-state index is -1.11. The minimum Gasteiger partial charge on any atom is -0.350 e. The maximum absolute atomic E-state index is 13.4. The van der Waals surface area contributed by atoms with Gasteiger partial charge in [0.2, 0.25) is 5.91 Å². The minimum absolute atomic E-state index is 0.0476. The summed E-state index contributed by atoms with van der Waals surface area (Å²) in [6.07, 6.45) is 0. The molecule has 0 saturated carbocycles. The van der Waals surface area contributed by atoms with Crippen LogP contribution in [-0.4, -0.2) is 37.5 Å². The van der Waals surface area contributed by atoms with Crippen LogP contribution in [0.4, 0.5) is 23.7 Å². The molecule has 2 rings (SSSR count). The number of halogens is 3. The fourth-order valence-corrected chi connectivity index (χ4v) is 2.19. The van der Waals surface area contributed by atoms with Crippen LogP contribution < -0.4 is 21.3 Å². The number of rotatable bonds is 7. The van der Waals surface area contributed by atoms with E-state index in [1.54, 1.807) is 6.92 Å². The fourth-order valence-electron chi connectivity index (χ4n) is 2.19. The molecule has 0 fully saturated rings. The van der Waals surface area contributed by atoms with Gasteiger partial charge in [-0.2, -0.15) is 0 Å². The van der Waals surface area contributed by atoms with Crippen molar-refractivity contribution in [2.45, 2.75) is 6.92 Å². The van der Waals surface area contributed by atoms with E-state index in [4.69, 9.17) is 0 Å². The van der Waals surface area contributed by atoms with Crippen LogP contribution in [0.1, 0.15) is 15.9 Å². The molecule has 2 aromatic carbocycles. The first-order valence-corrected chi connectivity index (χ1v) is 8.57. The molecule has 0 heterocycles. The van der Waals surface area contributed by atoms with Gasteiger partial charge in [-0.05, 0) is 36.8 Å². The first-order valence-electron chi connectivity index (χ1n) is 8.57. The van der Waals surface area contributed by atoms with Crippen LogP contribution in [0.25, 0.3) is 0 Å². The van der Waals surface area contributed by atoms with E-state index in [1.165, 1.54) is 18.2 Å². The highest BCUT2D eigenvalue weighted by molar-refractivity contribution is 5.95. The number of anilines is 1. The summed E-state index contributed by atoms with van der Waals surface area (Å²) in [6, 6.07) is 6.29. The number of amides is 4. The SMILES string of the molecule is Cc1ccc(C(=O)NCCNC(=O)NCC(=O)Nc2ccc(F)c(F)c2)cc1F. The topological polar surface area (TPSA) is 99.3 Å². The van der Waals surface area contributed by atoms with Gasteiger partial charge in [0.1, 0.15) is 5.82 Å². The van der Waals surface area contributed by atoms with Crippen molar-refractivity contribution in [3.05, 3.63) is 65.0 Å². The summed E-state index contributed by atoms with van der Waals surface area (Å²) in [5, 5.41) is 9.50. The highest BCUT2D eigenvalue weighted by atomic mass is 19.2. The highest BCUT2D eigenvalue weighted by Gasteiger charge is 2.09. The van der Waals surface area contributed by atoms with Gasteiger partial charge in [0, 0.05) is 30.4 Å². The zero-order valence-electron chi connectivity index (χ0n) is 15.4. The van der Waals surface area contributed by atoms with Crippen LogP contribution in [-0.2, 0) is 4.79 Å². The summed E-state index contributed by atoms with van der Waals surface area (Å²) in [5.41, 5.74) is 0.631. The summed E-state index contributed by atoms with van der Waals surface area (Å²) < 4.78 is 39.3. The van der Waals surface area contributed by atoms with Crippen molar-refractivity contribution in [3.63, 3.8) is 0 Å². The lowest BCUT2D eigenvalue weighted by molar-refractivity contribution is -0.115. The van der Waals surface area contributed by atoms with Crippen molar-refractivity contribution in [1.82, 2.24) is 16.0 Å². The Morgan fingerprint density at radius 2 is 1.55 bits per heavy atom. The molecular formula is C19H19F3N4O3. The Morgan fingerprint density at radius 3 is 2.24 bits per heavy atom.